The molecule has 0 amide bonds. The quantitative estimate of drug-likeness (QED) is 0.880. The van der Waals surface area contributed by atoms with Crippen molar-refractivity contribution in [1.82, 2.24) is 4.90 Å². The number of benzene rings is 2. The van der Waals surface area contributed by atoms with Crippen LogP contribution in [-0.2, 0) is 11.2 Å². The van der Waals surface area contributed by atoms with Crippen LogP contribution >= 0.6 is 0 Å². The fourth-order valence-electron chi connectivity index (χ4n) is 5.40. The summed E-state index contributed by atoms with van der Waals surface area (Å²) in [5, 5.41) is 13.2. The van der Waals surface area contributed by atoms with Gasteiger partial charge in [0.2, 0.25) is 0 Å². The van der Waals surface area contributed by atoms with Crippen molar-refractivity contribution in [2.75, 3.05) is 25.5 Å². The molecule has 0 spiro atoms. The average Bonchev–Trinajstić information content (AvgIpc) is 3.11. The first-order chi connectivity index (χ1) is 13.1. The minimum absolute atomic E-state index is 0.258. The molecule has 0 saturated carbocycles. The molecule has 4 atom stereocenters. The molecule has 1 aliphatic carbocycles. The van der Waals surface area contributed by atoms with Crippen molar-refractivity contribution >= 4 is 17.2 Å². The van der Waals surface area contributed by atoms with Crippen LogP contribution in [0.5, 0.6) is 0 Å². The minimum Gasteiger partial charge on any atom is -0.481 e. The third-order valence-corrected chi connectivity index (χ3v) is 6.51. The van der Waals surface area contributed by atoms with E-state index in [0.29, 0.717) is 18.4 Å². The number of likely N-dealkylation sites (N-methyl/N-ethyl adjacent to an activating group) is 1. The highest BCUT2D eigenvalue weighted by molar-refractivity contribution is 5.85. The average molecular weight is 360 g/mol. The van der Waals surface area contributed by atoms with E-state index in [0.717, 1.165) is 13.0 Å². The van der Waals surface area contributed by atoms with Gasteiger partial charge >= 0.3 is 5.97 Å². The molecule has 0 aromatic heterocycles. The van der Waals surface area contributed by atoms with Crippen LogP contribution in [0.25, 0.3) is 5.57 Å². The highest BCUT2D eigenvalue weighted by atomic mass is 16.4. The first-order valence-corrected chi connectivity index (χ1v) is 9.69. The number of anilines is 1. The predicted octanol–water partition coefficient (Wildman–Crippen LogP) is 3.47. The number of carboxylic acids is 1. The number of carbonyl (C=O) groups is 1. The Kier molecular flexibility index (Phi) is 3.83. The van der Waals surface area contributed by atoms with Gasteiger partial charge in [-0.25, -0.2) is 0 Å². The number of fused-ring (bicyclic) bond motifs is 2. The van der Waals surface area contributed by atoms with Crippen molar-refractivity contribution in [3.63, 3.8) is 0 Å². The molecule has 3 aliphatic rings. The van der Waals surface area contributed by atoms with Crippen molar-refractivity contribution in [3.05, 3.63) is 71.3 Å². The van der Waals surface area contributed by atoms with E-state index in [1.807, 2.05) is 6.08 Å². The zero-order chi connectivity index (χ0) is 18.5. The van der Waals surface area contributed by atoms with E-state index in [1.165, 1.54) is 28.0 Å². The molecule has 2 heterocycles. The second kappa shape index (κ2) is 6.24. The van der Waals surface area contributed by atoms with Gasteiger partial charge in [0.25, 0.3) is 0 Å². The molecule has 2 aliphatic heterocycles. The van der Waals surface area contributed by atoms with Gasteiger partial charge < -0.3 is 10.4 Å². The van der Waals surface area contributed by atoms with E-state index in [2.05, 4.69) is 65.8 Å². The molecule has 0 saturated heterocycles. The SMILES string of the molecule is CN1C[C@H](C(=O)O)C=C2c3cccc4c3C(CN4)C(Cc3ccccc3)[C@H]21. The molecular weight excluding hydrogens is 336 g/mol. The van der Waals surface area contributed by atoms with Crippen molar-refractivity contribution < 1.29 is 9.90 Å². The second-order valence-electron chi connectivity index (χ2n) is 8.06. The van der Waals surface area contributed by atoms with Gasteiger partial charge in [0.1, 0.15) is 0 Å². The first-order valence-electron chi connectivity index (χ1n) is 9.69. The lowest BCUT2D eigenvalue weighted by atomic mass is 9.66. The Labute approximate surface area is 159 Å². The molecule has 2 aromatic carbocycles. The molecule has 4 nitrogen and oxygen atoms in total. The summed E-state index contributed by atoms with van der Waals surface area (Å²) in [5.41, 5.74) is 6.40. The fraction of sp³-hybridized carbons (Fsp3) is 0.348. The number of rotatable bonds is 3. The van der Waals surface area contributed by atoms with Gasteiger partial charge in [0.15, 0.2) is 0 Å². The van der Waals surface area contributed by atoms with Crippen LogP contribution < -0.4 is 5.32 Å². The highest BCUT2D eigenvalue weighted by Crippen LogP contribution is 2.52. The predicted molar refractivity (Wildman–Crippen MR) is 107 cm³/mol. The van der Waals surface area contributed by atoms with Crippen molar-refractivity contribution in [2.45, 2.75) is 18.4 Å². The topological polar surface area (TPSA) is 52.6 Å². The molecule has 2 aromatic rings. The van der Waals surface area contributed by atoms with Gasteiger partial charge in [-0.1, -0.05) is 48.5 Å². The Morgan fingerprint density at radius 2 is 2.00 bits per heavy atom. The van der Waals surface area contributed by atoms with E-state index in [-0.39, 0.29) is 6.04 Å². The van der Waals surface area contributed by atoms with Gasteiger partial charge in [0.05, 0.1) is 5.92 Å². The van der Waals surface area contributed by atoms with E-state index in [4.69, 9.17) is 0 Å². The number of hydrogen-bond donors (Lipinski definition) is 2. The summed E-state index contributed by atoms with van der Waals surface area (Å²) in [6.45, 7) is 1.54. The molecule has 0 fully saturated rings. The molecule has 0 radical (unpaired) electrons. The van der Waals surface area contributed by atoms with Crippen molar-refractivity contribution in [2.24, 2.45) is 11.8 Å². The maximum absolute atomic E-state index is 11.7. The van der Waals surface area contributed by atoms with Crippen LogP contribution in [0, 0.1) is 11.8 Å². The second-order valence-corrected chi connectivity index (χ2v) is 8.06. The molecule has 2 unspecified atom stereocenters. The van der Waals surface area contributed by atoms with Crippen LogP contribution in [-0.4, -0.2) is 42.2 Å². The van der Waals surface area contributed by atoms with Crippen LogP contribution in [0.1, 0.15) is 22.6 Å². The smallest absolute Gasteiger partial charge is 0.311 e. The molecule has 27 heavy (non-hydrogen) atoms. The lowest BCUT2D eigenvalue weighted by molar-refractivity contribution is -0.140. The van der Waals surface area contributed by atoms with Gasteiger partial charge in [-0.3, -0.25) is 9.69 Å². The number of nitrogens with one attached hydrogen (secondary N) is 1. The van der Waals surface area contributed by atoms with E-state index < -0.39 is 11.9 Å². The lowest BCUT2D eigenvalue weighted by Gasteiger charge is -2.47. The molecule has 5 rings (SSSR count). The summed E-state index contributed by atoms with van der Waals surface area (Å²) in [6.07, 6.45) is 3.03. The summed E-state index contributed by atoms with van der Waals surface area (Å²) in [7, 11) is 2.09. The summed E-state index contributed by atoms with van der Waals surface area (Å²) in [5.74, 6) is -0.287. The Morgan fingerprint density at radius 3 is 2.78 bits per heavy atom. The zero-order valence-electron chi connectivity index (χ0n) is 15.4. The van der Waals surface area contributed by atoms with Crippen LogP contribution in [0.4, 0.5) is 5.69 Å². The summed E-state index contributed by atoms with van der Waals surface area (Å²) in [4.78, 5) is 14.0. The Morgan fingerprint density at radius 1 is 1.19 bits per heavy atom. The molecule has 2 N–H and O–H groups in total. The van der Waals surface area contributed by atoms with E-state index in [1.54, 1.807) is 0 Å². The lowest BCUT2D eigenvalue weighted by Crippen LogP contribution is -2.50. The van der Waals surface area contributed by atoms with Crippen molar-refractivity contribution in [3.8, 4) is 0 Å². The van der Waals surface area contributed by atoms with Gasteiger partial charge in [0, 0.05) is 30.7 Å². The Balaban J connectivity index is 1.65. The third-order valence-electron chi connectivity index (χ3n) is 6.51. The molecular formula is C23H24N2O2. The number of nitrogens with zero attached hydrogens (tertiary/aromatic N) is 1. The zero-order valence-corrected chi connectivity index (χ0v) is 15.4. The van der Waals surface area contributed by atoms with Crippen LogP contribution in [0.3, 0.4) is 0 Å². The van der Waals surface area contributed by atoms with Crippen LogP contribution in [0.15, 0.2) is 54.6 Å². The normalized spacial score (nSPS) is 28.7. The summed E-state index contributed by atoms with van der Waals surface area (Å²) < 4.78 is 0. The van der Waals surface area contributed by atoms with Gasteiger partial charge in [-0.2, -0.15) is 0 Å². The number of aliphatic carboxylic acids is 1. The molecule has 4 heteroatoms. The standard InChI is InChI=1S/C23H24N2O2/c1-25-13-15(23(26)27)11-18-16-8-5-9-20-21(16)19(12-24-20)17(22(18)25)10-14-6-3-2-4-7-14/h2-9,11,15,17,19,22,24H,10,12-13H2,1H3,(H,26,27)/t15-,17?,19?,22-/m1/s1. The largest absolute Gasteiger partial charge is 0.481 e. The van der Waals surface area contributed by atoms with Crippen LogP contribution in [0.2, 0.25) is 0 Å². The van der Waals surface area contributed by atoms with Crippen molar-refractivity contribution in [1.29, 1.82) is 0 Å². The highest BCUT2D eigenvalue weighted by Gasteiger charge is 2.46. The minimum atomic E-state index is -0.736. The first kappa shape index (κ1) is 16.6. The third kappa shape index (κ3) is 2.59. The molecule has 138 valence electrons. The number of hydrogen-bond acceptors (Lipinski definition) is 3. The fourth-order valence-corrected chi connectivity index (χ4v) is 5.40. The van der Waals surface area contributed by atoms with E-state index in [9.17, 15) is 9.90 Å². The van der Waals surface area contributed by atoms with E-state index >= 15 is 0 Å². The van der Waals surface area contributed by atoms with Gasteiger partial charge in [-0.05, 0) is 47.7 Å². The maximum atomic E-state index is 11.7. The monoisotopic (exact) mass is 360 g/mol. The number of carboxylic acid groups (broad SMARTS) is 1. The molecule has 0 bridgehead atoms. The maximum Gasteiger partial charge on any atom is 0.311 e. The Hall–Kier alpha value is -2.59. The van der Waals surface area contributed by atoms with Gasteiger partial charge in [-0.15, -0.1) is 0 Å². The summed E-state index contributed by atoms with van der Waals surface area (Å²) in [6, 6.07) is 17.3. The summed E-state index contributed by atoms with van der Waals surface area (Å²) >= 11 is 0. The Bertz CT molecular complexity index is 921.